The standard InChI is InChI=1S/C15H7NO5S/c16-7-11-12(22(19,20)21)6-5-10-13(11)15(18)9-4-2-1-3-8(9)14(10)17/h1-6H,(H,19,20,21). The Morgan fingerprint density at radius 1 is 0.909 bits per heavy atom. The number of carbonyl (C=O) groups excluding carboxylic acids is 2. The molecule has 6 nitrogen and oxygen atoms in total. The second-order valence-corrected chi connectivity index (χ2v) is 6.04. The van der Waals surface area contributed by atoms with Gasteiger partial charge in [0.25, 0.3) is 10.1 Å². The van der Waals surface area contributed by atoms with Crippen LogP contribution in [0, 0.1) is 11.3 Å². The molecular weight excluding hydrogens is 306 g/mol. The summed E-state index contributed by atoms with van der Waals surface area (Å²) >= 11 is 0. The summed E-state index contributed by atoms with van der Waals surface area (Å²) in [5.41, 5.74) is -0.561. The third-order valence-electron chi connectivity index (χ3n) is 3.44. The maximum Gasteiger partial charge on any atom is 0.295 e. The molecule has 2 aromatic carbocycles. The van der Waals surface area contributed by atoms with E-state index >= 15 is 0 Å². The fraction of sp³-hybridized carbons (Fsp3) is 0. The minimum atomic E-state index is -4.68. The molecular formula is C15H7NO5S. The van der Waals surface area contributed by atoms with Crippen LogP contribution in [0.3, 0.4) is 0 Å². The van der Waals surface area contributed by atoms with Crippen LogP contribution < -0.4 is 0 Å². The van der Waals surface area contributed by atoms with E-state index < -0.39 is 32.1 Å². The predicted octanol–water partition coefficient (Wildman–Crippen LogP) is 1.58. The van der Waals surface area contributed by atoms with Crippen molar-refractivity contribution in [1.82, 2.24) is 0 Å². The van der Waals surface area contributed by atoms with Crippen molar-refractivity contribution in [3.8, 4) is 6.07 Å². The van der Waals surface area contributed by atoms with Crippen LogP contribution in [-0.2, 0) is 10.1 Å². The first-order valence-corrected chi connectivity index (χ1v) is 7.53. The van der Waals surface area contributed by atoms with Crippen LogP contribution in [0.25, 0.3) is 0 Å². The summed E-state index contributed by atoms with van der Waals surface area (Å²) in [6, 6.07) is 9.77. The first-order valence-electron chi connectivity index (χ1n) is 6.09. The molecule has 0 aromatic heterocycles. The number of nitriles is 1. The van der Waals surface area contributed by atoms with Gasteiger partial charge in [-0.1, -0.05) is 24.3 Å². The molecule has 0 fully saturated rings. The van der Waals surface area contributed by atoms with Crippen LogP contribution in [0.15, 0.2) is 41.3 Å². The number of carbonyl (C=O) groups is 2. The van der Waals surface area contributed by atoms with E-state index in [9.17, 15) is 27.8 Å². The van der Waals surface area contributed by atoms with Crippen LogP contribution >= 0.6 is 0 Å². The van der Waals surface area contributed by atoms with Gasteiger partial charge in [-0.2, -0.15) is 13.7 Å². The number of rotatable bonds is 1. The SMILES string of the molecule is N#Cc1c(S(=O)(=O)O)ccc2c1C(=O)c1ccccc1C2=O. The molecule has 0 spiro atoms. The average molecular weight is 313 g/mol. The quantitative estimate of drug-likeness (QED) is 0.682. The summed E-state index contributed by atoms with van der Waals surface area (Å²) in [4.78, 5) is 24.3. The molecule has 7 heteroatoms. The lowest BCUT2D eigenvalue weighted by atomic mass is 9.82. The average Bonchev–Trinajstić information content (AvgIpc) is 2.50. The lowest BCUT2D eigenvalue weighted by Crippen LogP contribution is -2.23. The first kappa shape index (κ1) is 14.1. The van der Waals surface area contributed by atoms with Gasteiger partial charge in [0.05, 0.1) is 11.1 Å². The van der Waals surface area contributed by atoms with Crippen LogP contribution in [0.2, 0.25) is 0 Å². The highest BCUT2D eigenvalue weighted by atomic mass is 32.2. The summed E-state index contributed by atoms with van der Waals surface area (Å²) in [6.45, 7) is 0. The van der Waals surface area contributed by atoms with Crippen LogP contribution in [0.1, 0.15) is 37.4 Å². The van der Waals surface area contributed by atoms with Crippen LogP contribution in [0.4, 0.5) is 0 Å². The van der Waals surface area contributed by atoms with E-state index in [0.29, 0.717) is 0 Å². The van der Waals surface area contributed by atoms with Gasteiger partial charge in [0.1, 0.15) is 11.0 Å². The largest absolute Gasteiger partial charge is 0.295 e. The van der Waals surface area contributed by atoms with Gasteiger partial charge in [-0.05, 0) is 12.1 Å². The van der Waals surface area contributed by atoms with Crippen LogP contribution in [0.5, 0.6) is 0 Å². The summed E-state index contributed by atoms with van der Waals surface area (Å²) < 4.78 is 31.9. The molecule has 0 unspecified atom stereocenters. The first-order chi connectivity index (χ1) is 10.4. The van der Waals surface area contributed by atoms with Gasteiger partial charge >= 0.3 is 0 Å². The Morgan fingerprint density at radius 2 is 1.50 bits per heavy atom. The second-order valence-electron chi connectivity index (χ2n) is 4.65. The summed E-state index contributed by atoms with van der Waals surface area (Å²) in [5.74, 6) is -1.09. The van der Waals surface area contributed by atoms with Gasteiger partial charge in [-0.25, -0.2) is 0 Å². The fourth-order valence-electron chi connectivity index (χ4n) is 2.49. The van der Waals surface area contributed by atoms with Crippen molar-refractivity contribution in [2.45, 2.75) is 4.90 Å². The van der Waals surface area contributed by atoms with Crippen molar-refractivity contribution >= 4 is 21.7 Å². The summed E-state index contributed by atoms with van der Waals surface area (Å²) in [6.07, 6.45) is 0. The third-order valence-corrected chi connectivity index (χ3v) is 4.34. The zero-order chi connectivity index (χ0) is 16.1. The van der Waals surface area contributed by atoms with E-state index in [0.717, 1.165) is 12.1 Å². The molecule has 0 saturated heterocycles. The molecule has 0 amide bonds. The third kappa shape index (κ3) is 1.86. The minimum Gasteiger partial charge on any atom is -0.289 e. The molecule has 0 atom stereocenters. The molecule has 2 aromatic rings. The predicted molar refractivity (Wildman–Crippen MR) is 74.3 cm³/mol. The Balaban J connectivity index is 2.42. The Kier molecular flexibility index (Phi) is 2.95. The molecule has 0 heterocycles. The van der Waals surface area contributed by atoms with Gasteiger partial charge < -0.3 is 0 Å². The maximum atomic E-state index is 12.5. The van der Waals surface area contributed by atoms with E-state index in [-0.39, 0.29) is 22.3 Å². The summed E-state index contributed by atoms with van der Waals surface area (Å²) in [7, 11) is -4.68. The highest BCUT2D eigenvalue weighted by Crippen LogP contribution is 2.32. The van der Waals surface area contributed by atoms with E-state index in [1.807, 2.05) is 0 Å². The number of hydrogen-bond donors (Lipinski definition) is 1. The van der Waals surface area contributed by atoms with Crippen LogP contribution in [-0.4, -0.2) is 24.5 Å². The Labute approximate surface area is 125 Å². The zero-order valence-corrected chi connectivity index (χ0v) is 11.7. The van der Waals surface area contributed by atoms with Crippen molar-refractivity contribution in [2.24, 2.45) is 0 Å². The van der Waals surface area contributed by atoms with E-state index in [1.54, 1.807) is 18.2 Å². The molecule has 0 saturated carbocycles. The topological polar surface area (TPSA) is 112 Å². The Morgan fingerprint density at radius 3 is 2.05 bits per heavy atom. The second kappa shape index (κ2) is 4.59. The van der Waals surface area contributed by atoms with Gasteiger partial charge in [-0.3, -0.25) is 14.1 Å². The number of benzene rings is 2. The Bertz CT molecular complexity index is 999. The number of hydrogen-bond acceptors (Lipinski definition) is 5. The molecule has 3 rings (SSSR count). The molecule has 1 aliphatic rings. The lowest BCUT2D eigenvalue weighted by Gasteiger charge is -2.19. The monoisotopic (exact) mass is 313 g/mol. The molecule has 1 aliphatic carbocycles. The smallest absolute Gasteiger partial charge is 0.289 e. The van der Waals surface area contributed by atoms with Gasteiger partial charge in [0, 0.05) is 16.7 Å². The zero-order valence-electron chi connectivity index (χ0n) is 10.9. The molecule has 108 valence electrons. The van der Waals surface area contributed by atoms with Crippen molar-refractivity contribution in [3.05, 3.63) is 64.2 Å². The number of ketones is 2. The van der Waals surface area contributed by atoms with Gasteiger partial charge in [-0.15, -0.1) is 0 Å². The number of nitrogens with zero attached hydrogens (tertiary/aromatic N) is 1. The van der Waals surface area contributed by atoms with Gasteiger partial charge in [0.2, 0.25) is 0 Å². The molecule has 0 bridgehead atoms. The Hall–Kier alpha value is -2.82. The maximum absolute atomic E-state index is 12.5. The molecule has 1 N–H and O–H groups in total. The molecule has 0 aliphatic heterocycles. The highest BCUT2D eigenvalue weighted by Gasteiger charge is 2.34. The van der Waals surface area contributed by atoms with E-state index in [1.165, 1.54) is 12.1 Å². The molecule has 22 heavy (non-hydrogen) atoms. The van der Waals surface area contributed by atoms with Gasteiger partial charge in [0.15, 0.2) is 11.6 Å². The molecule has 0 radical (unpaired) electrons. The van der Waals surface area contributed by atoms with E-state index in [2.05, 4.69) is 0 Å². The highest BCUT2D eigenvalue weighted by molar-refractivity contribution is 7.85. The van der Waals surface area contributed by atoms with Crippen molar-refractivity contribution in [3.63, 3.8) is 0 Å². The fourth-order valence-corrected chi connectivity index (χ4v) is 3.14. The lowest BCUT2D eigenvalue weighted by molar-refractivity contribution is 0.0978. The van der Waals surface area contributed by atoms with Crippen molar-refractivity contribution in [1.29, 1.82) is 5.26 Å². The normalized spacial score (nSPS) is 13.3. The van der Waals surface area contributed by atoms with Crippen molar-refractivity contribution < 1.29 is 22.6 Å². The van der Waals surface area contributed by atoms with Crippen molar-refractivity contribution in [2.75, 3.05) is 0 Å². The summed E-state index contributed by atoms with van der Waals surface area (Å²) in [5, 5.41) is 9.20. The van der Waals surface area contributed by atoms with E-state index in [4.69, 9.17) is 0 Å². The number of fused-ring (bicyclic) bond motifs is 2. The minimum absolute atomic E-state index is 0.0485.